The largest absolute Gasteiger partial charge is 0.465 e. The summed E-state index contributed by atoms with van der Waals surface area (Å²) in [7, 11) is 1.32. The van der Waals surface area contributed by atoms with Crippen LogP contribution in [0.1, 0.15) is 31.2 Å². The number of hydrogen-bond donors (Lipinski definition) is 1. The van der Waals surface area contributed by atoms with Crippen molar-refractivity contribution in [2.24, 2.45) is 0 Å². The van der Waals surface area contributed by atoms with Gasteiger partial charge in [0.15, 0.2) is 0 Å². The van der Waals surface area contributed by atoms with Crippen LogP contribution in [0.15, 0.2) is 30.3 Å². The zero-order valence-electron chi connectivity index (χ0n) is 12.6. The number of ether oxygens (including phenoxy) is 1. The number of carbonyl (C=O) groups excluding carboxylic acids is 2. The molecule has 1 aromatic carbocycles. The van der Waals surface area contributed by atoms with Gasteiger partial charge in [-0.15, -0.1) is 11.3 Å². The topological polar surface area (TPSA) is 55.4 Å². The third-order valence-electron chi connectivity index (χ3n) is 3.01. The summed E-state index contributed by atoms with van der Waals surface area (Å²) in [6.45, 7) is 1.88. The summed E-state index contributed by atoms with van der Waals surface area (Å²) in [4.78, 5) is 24.9. The van der Waals surface area contributed by atoms with Gasteiger partial charge in [0, 0.05) is 16.2 Å². The predicted octanol–water partition coefficient (Wildman–Crippen LogP) is 3.96. The van der Waals surface area contributed by atoms with Crippen LogP contribution in [0.25, 0.3) is 0 Å². The van der Waals surface area contributed by atoms with Crippen LogP contribution in [-0.2, 0) is 10.5 Å². The molecular formula is C16H17NO3S2. The summed E-state index contributed by atoms with van der Waals surface area (Å²) >= 11 is 3.09. The summed E-state index contributed by atoms with van der Waals surface area (Å²) in [5, 5.41) is 3.30. The van der Waals surface area contributed by atoms with Crippen LogP contribution in [0, 0.1) is 6.92 Å². The van der Waals surface area contributed by atoms with Crippen LogP contribution in [0.2, 0.25) is 0 Å². The fourth-order valence-electron chi connectivity index (χ4n) is 1.96. The van der Waals surface area contributed by atoms with Crippen LogP contribution in [0.4, 0.5) is 5.00 Å². The van der Waals surface area contributed by atoms with E-state index in [1.165, 1.54) is 24.0 Å². The Labute approximate surface area is 137 Å². The van der Waals surface area contributed by atoms with E-state index in [4.69, 9.17) is 4.74 Å². The van der Waals surface area contributed by atoms with E-state index in [0.717, 1.165) is 10.6 Å². The SMILES string of the molecule is COC(=O)c1cc(C)sc1NC(=O)c1ccc(CSC)cc1. The number of thiophene rings is 1. The average molecular weight is 335 g/mol. The molecule has 4 nitrogen and oxygen atoms in total. The molecule has 2 rings (SSSR count). The molecule has 1 aromatic heterocycles. The van der Waals surface area contributed by atoms with Gasteiger partial charge in [-0.2, -0.15) is 11.8 Å². The highest BCUT2D eigenvalue weighted by molar-refractivity contribution is 7.97. The van der Waals surface area contributed by atoms with Crippen molar-refractivity contribution in [3.63, 3.8) is 0 Å². The summed E-state index contributed by atoms with van der Waals surface area (Å²) in [6, 6.07) is 9.17. The molecule has 0 radical (unpaired) electrons. The monoisotopic (exact) mass is 335 g/mol. The number of aryl methyl sites for hydroxylation is 1. The van der Waals surface area contributed by atoms with Gasteiger partial charge in [-0.3, -0.25) is 4.79 Å². The standard InChI is InChI=1S/C16H17NO3S2/c1-10-8-13(16(19)20-2)15(22-10)17-14(18)12-6-4-11(5-7-12)9-21-3/h4-8H,9H2,1-3H3,(H,17,18). The average Bonchev–Trinajstić information content (AvgIpc) is 2.88. The number of hydrogen-bond acceptors (Lipinski definition) is 5. The molecule has 116 valence electrons. The highest BCUT2D eigenvalue weighted by Gasteiger charge is 2.17. The molecule has 1 heterocycles. The van der Waals surface area contributed by atoms with E-state index >= 15 is 0 Å². The maximum absolute atomic E-state index is 12.3. The Morgan fingerprint density at radius 3 is 2.55 bits per heavy atom. The van der Waals surface area contributed by atoms with Gasteiger partial charge in [0.25, 0.3) is 5.91 Å². The van der Waals surface area contributed by atoms with E-state index in [1.54, 1.807) is 30.0 Å². The number of thioether (sulfide) groups is 1. The molecule has 0 aliphatic carbocycles. The summed E-state index contributed by atoms with van der Waals surface area (Å²) in [5.41, 5.74) is 2.12. The van der Waals surface area contributed by atoms with Crippen molar-refractivity contribution >= 4 is 40.0 Å². The fourth-order valence-corrected chi connectivity index (χ4v) is 3.38. The third-order valence-corrected chi connectivity index (χ3v) is 4.60. The van der Waals surface area contributed by atoms with Crippen molar-refractivity contribution in [3.8, 4) is 0 Å². The predicted molar refractivity (Wildman–Crippen MR) is 92.0 cm³/mol. The van der Waals surface area contributed by atoms with Crippen molar-refractivity contribution in [2.45, 2.75) is 12.7 Å². The van der Waals surface area contributed by atoms with Crippen LogP contribution >= 0.6 is 23.1 Å². The molecule has 2 aromatic rings. The lowest BCUT2D eigenvalue weighted by molar-refractivity contribution is 0.0602. The van der Waals surface area contributed by atoms with Crippen molar-refractivity contribution < 1.29 is 14.3 Å². The summed E-state index contributed by atoms with van der Waals surface area (Å²) < 4.78 is 4.73. The molecule has 6 heteroatoms. The van der Waals surface area contributed by atoms with Crippen LogP contribution in [-0.4, -0.2) is 25.2 Å². The maximum atomic E-state index is 12.3. The van der Waals surface area contributed by atoms with Gasteiger partial charge in [-0.1, -0.05) is 12.1 Å². The Balaban J connectivity index is 2.16. The molecule has 0 bridgehead atoms. The number of benzene rings is 1. The molecule has 22 heavy (non-hydrogen) atoms. The van der Waals surface area contributed by atoms with Crippen LogP contribution < -0.4 is 5.32 Å². The van der Waals surface area contributed by atoms with Crippen molar-refractivity contribution in [3.05, 3.63) is 51.9 Å². The van der Waals surface area contributed by atoms with E-state index < -0.39 is 5.97 Å². The van der Waals surface area contributed by atoms with E-state index in [0.29, 0.717) is 16.1 Å². The first-order valence-electron chi connectivity index (χ1n) is 6.63. The maximum Gasteiger partial charge on any atom is 0.340 e. The second-order valence-corrected chi connectivity index (χ2v) is 6.80. The van der Waals surface area contributed by atoms with Crippen molar-refractivity contribution in [1.82, 2.24) is 0 Å². The minimum absolute atomic E-state index is 0.234. The van der Waals surface area contributed by atoms with E-state index in [9.17, 15) is 9.59 Å². The first kappa shape index (κ1) is 16.6. The number of nitrogens with one attached hydrogen (secondary N) is 1. The second-order valence-electron chi connectivity index (χ2n) is 4.68. The number of amides is 1. The van der Waals surface area contributed by atoms with Gasteiger partial charge in [0.05, 0.1) is 12.7 Å². The molecule has 0 atom stereocenters. The Morgan fingerprint density at radius 1 is 1.27 bits per heavy atom. The number of anilines is 1. The lowest BCUT2D eigenvalue weighted by Gasteiger charge is -2.06. The van der Waals surface area contributed by atoms with Gasteiger partial charge in [-0.05, 0) is 36.9 Å². The first-order valence-corrected chi connectivity index (χ1v) is 8.84. The summed E-state index contributed by atoms with van der Waals surface area (Å²) in [5.74, 6) is 0.232. The van der Waals surface area contributed by atoms with Crippen LogP contribution in [0.3, 0.4) is 0 Å². The normalized spacial score (nSPS) is 10.3. The minimum Gasteiger partial charge on any atom is -0.465 e. The van der Waals surface area contributed by atoms with Crippen LogP contribution in [0.5, 0.6) is 0 Å². The first-order chi connectivity index (χ1) is 10.5. The van der Waals surface area contributed by atoms with Crippen molar-refractivity contribution in [1.29, 1.82) is 0 Å². The molecule has 0 saturated heterocycles. The molecule has 0 spiro atoms. The molecule has 0 unspecified atom stereocenters. The molecule has 0 aliphatic heterocycles. The quantitative estimate of drug-likeness (QED) is 0.840. The van der Waals surface area contributed by atoms with Gasteiger partial charge >= 0.3 is 5.97 Å². The van der Waals surface area contributed by atoms with E-state index in [2.05, 4.69) is 5.32 Å². The molecular weight excluding hydrogens is 318 g/mol. The lowest BCUT2D eigenvalue weighted by atomic mass is 10.1. The Bertz CT molecular complexity index is 677. The van der Waals surface area contributed by atoms with E-state index in [1.807, 2.05) is 25.3 Å². The molecule has 1 N–H and O–H groups in total. The molecule has 0 fully saturated rings. The Hall–Kier alpha value is -1.79. The molecule has 0 aliphatic rings. The molecule has 0 saturated carbocycles. The highest BCUT2D eigenvalue weighted by Crippen LogP contribution is 2.28. The molecule has 1 amide bonds. The number of methoxy groups -OCH3 is 1. The Morgan fingerprint density at radius 2 is 1.95 bits per heavy atom. The Kier molecular flexibility index (Phi) is 5.63. The van der Waals surface area contributed by atoms with Gasteiger partial charge < -0.3 is 10.1 Å². The zero-order valence-corrected chi connectivity index (χ0v) is 14.3. The number of esters is 1. The lowest BCUT2D eigenvalue weighted by Crippen LogP contribution is -2.13. The summed E-state index contributed by atoms with van der Waals surface area (Å²) in [6.07, 6.45) is 2.04. The fraction of sp³-hybridized carbons (Fsp3) is 0.250. The van der Waals surface area contributed by atoms with Gasteiger partial charge in [0.2, 0.25) is 0 Å². The van der Waals surface area contributed by atoms with Gasteiger partial charge in [-0.25, -0.2) is 4.79 Å². The van der Waals surface area contributed by atoms with E-state index in [-0.39, 0.29) is 5.91 Å². The smallest absolute Gasteiger partial charge is 0.340 e. The second kappa shape index (κ2) is 7.47. The van der Waals surface area contributed by atoms with Gasteiger partial charge in [0.1, 0.15) is 5.00 Å². The highest BCUT2D eigenvalue weighted by atomic mass is 32.2. The third kappa shape index (κ3) is 3.90. The number of rotatable bonds is 5. The number of carbonyl (C=O) groups is 2. The zero-order chi connectivity index (χ0) is 16.1. The van der Waals surface area contributed by atoms with Crippen molar-refractivity contribution in [2.75, 3.05) is 18.7 Å². The minimum atomic E-state index is -0.449.